The Morgan fingerprint density at radius 3 is 2.60 bits per heavy atom. The fraction of sp³-hybridized carbons (Fsp3) is 0.312. The number of hydrogen-bond donors (Lipinski definition) is 0. The van der Waals surface area contributed by atoms with Gasteiger partial charge in [0, 0.05) is 12.7 Å². The number of esters is 1. The number of carbonyl (C=O) groups excluding carboxylic acids is 1. The Hall–Kier alpha value is -1.58. The molecule has 0 aliphatic heterocycles. The van der Waals surface area contributed by atoms with E-state index < -0.39 is 11.6 Å². The van der Waals surface area contributed by atoms with Crippen molar-refractivity contribution in [3.63, 3.8) is 0 Å². The highest BCUT2D eigenvalue weighted by atomic mass is 35.5. The number of halogens is 1. The summed E-state index contributed by atoms with van der Waals surface area (Å²) in [6, 6.07) is 13.7. The van der Waals surface area contributed by atoms with Gasteiger partial charge in [0.2, 0.25) is 0 Å². The molecular formula is C16H17ClO3. The Balaban J connectivity index is 2.51. The number of benzene rings is 2. The van der Waals surface area contributed by atoms with E-state index in [9.17, 15) is 4.79 Å². The van der Waals surface area contributed by atoms with Gasteiger partial charge in [0.25, 0.3) is 0 Å². The minimum atomic E-state index is -1.15. The average Bonchev–Trinajstić information content (AvgIpc) is 2.51. The highest BCUT2D eigenvalue weighted by molar-refractivity contribution is 6.18. The van der Waals surface area contributed by atoms with Crippen molar-refractivity contribution < 1.29 is 14.3 Å². The second kappa shape index (κ2) is 6.25. The van der Waals surface area contributed by atoms with Gasteiger partial charge in [-0.2, -0.15) is 0 Å². The zero-order chi connectivity index (χ0) is 14.6. The molecule has 0 bridgehead atoms. The second-order valence-corrected chi connectivity index (χ2v) is 4.97. The summed E-state index contributed by atoms with van der Waals surface area (Å²) < 4.78 is 10.6. The van der Waals surface area contributed by atoms with Gasteiger partial charge in [-0.1, -0.05) is 42.5 Å². The van der Waals surface area contributed by atoms with Crippen LogP contribution < -0.4 is 0 Å². The molecule has 3 nitrogen and oxygen atoms in total. The maximum absolute atomic E-state index is 12.3. The number of alkyl halides is 1. The van der Waals surface area contributed by atoms with E-state index in [2.05, 4.69) is 0 Å². The number of carbonyl (C=O) groups is 1. The normalized spacial score (nSPS) is 13.9. The fourth-order valence-electron chi connectivity index (χ4n) is 2.21. The van der Waals surface area contributed by atoms with Crippen LogP contribution in [-0.2, 0) is 19.9 Å². The van der Waals surface area contributed by atoms with Crippen LogP contribution in [0.4, 0.5) is 0 Å². The Bertz CT molecular complexity index is 606. The molecule has 0 saturated carbocycles. The molecule has 2 aromatic carbocycles. The lowest BCUT2D eigenvalue weighted by atomic mass is 9.90. The first-order valence-electron chi connectivity index (χ1n) is 6.40. The lowest BCUT2D eigenvalue weighted by Crippen LogP contribution is -2.36. The molecule has 0 saturated heterocycles. The van der Waals surface area contributed by atoms with Crippen LogP contribution in [-0.4, -0.2) is 25.6 Å². The van der Waals surface area contributed by atoms with Gasteiger partial charge in [-0.15, -0.1) is 11.6 Å². The maximum atomic E-state index is 12.3. The van der Waals surface area contributed by atoms with Crippen LogP contribution in [0.15, 0.2) is 42.5 Å². The highest BCUT2D eigenvalue weighted by Gasteiger charge is 2.38. The third-order valence-corrected chi connectivity index (χ3v) is 3.57. The summed E-state index contributed by atoms with van der Waals surface area (Å²) in [5.74, 6) is -0.168. The molecule has 0 aliphatic rings. The topological polar surface area (TPSA) is 35.5 Å². The summed E-state index contributed by atoms with van der Waals surface area (Å²) in [5.41, 5.74) is -0.356. The quantitative estimate of drug-likeness (QED) is 0.625. The SMILES string of the molecule is COC(C)(C(=O)OCCCl)c1cccc2ccccc12. The van der Waals surface area contributed by atoms with Crippen LogP contribution in [0.3, 0.4) is 0 Å². The van der Waals surface area contributed by atoms with Crippen molar-refractivity contribution in [2.75, 3.05) is 19.6 Å². The maximum Gasteiger partial charge on any atom is 0.342 e. The predicted octanol–water partition coefficient (Wildman–Crippen LogP) is 3.48. The summed E-state index contributed by atoms with van der Waals surface area (Å²) in [6.45, 7) is 1.88. The van der Waals surface area contributed by atoms with Crippen molar-refractivity contribution in [2.24, 2.45) is 0 Å². The molecular weight excluding hydrogens is 276 g/mol. The molecule has 2 rings (SSSR count). The van der Waals surface area contributed by atoms with Gasteiger partial charge in [0.15, 0.2) is 5.60 Å². The van der Waals surface area contributed by atoms with Crippen molar-refractivity contribution in [3.05, 3.63) is 48.0 Å². The average molecular weight is 293 g/mol. The Morgan fingerprint density at radius 2 is 1.90 bits per heavy atom. The van der Waals surface area contributed by atoms with E-state index in [1.807, 2.05) is 42.5 Å². The van der Waals surface area contributed by atoms with Gasteiger partial charge in [-0.25, -0.2) is 4.79 Å². The van der Waals surface area contributed by atoms with Crippen molar-refractivity contribution in [1.29, 1.82) is 0 Å². The molecule has 20 heavy (non-hydrogen) atoms. The highest BCUT2D eigenvalue weighted by Crippen LogP contribution is 2.32. The number of rotatable bonds is 5. The molecule has 0 aliphatic carbocycles. The molecule has 0 amide bonds. The Kier molecular flexibility index (Phi) is 4.63. The van der Waals surface area contributed by atoms with Crippen molar-refractivity contribution in [3.8, 4) is 0 Å². The largest absolute Gasteiger partial charge is 0.462 e. The van der Waals surface area contributed by atoms with E-state index in [1.165, 1.54) is 7.11 Å². The monoisotopic (exact) mass is 292 g/mol. The second-order valence-electron chi connectivity index (χ2n) is 4.59. The van der Waals surface area contributed by atoms with Gasteiger partial charge in [-0.3, -0.25) is 0 Å². The number of methoxy groups -OCH3 is 1. The van der Waals surface area contributed by atoms with Crippen molar-refractivity contribution >= 4 is 28.3 Å². The lowest BCUT2D eigenvalue weighted by molar-refractivity contribution is -0.167. The van der Waals surface area contributed by atoms with E-state index in [1.54, 1.807) is 6.92 Å². The molecule has 0 spiro atoms. The van der Waals surface area contributed by atoms with Crippen LogP contribution in [0.1, 0.15) is 12.5 Å². The number of ether oxygens (including phenoxy) is 2. The van der Waals surface area contributed by atoms with Crippen LogP contribution >= 0.6 is 11.6 Å². The van der Waals surface area contributed by atoms with Crippen LogP contribution in [0.2, 0.25) is 0 Å². The Morgan fingerprint density at radius 1 is 1.20 bits per heavy atom. The van der Waals surface area contributed by atoms with Crippen LogP contribution in [0.5, 0.6) is 0 Å². The minimum absolute atomic E-state index is 0.171. The summed E-state index contributed by atoms with van der Waals surface area (Å²) in [5, 5.41) is 2.03. The molecule has 2 aromatic rings. The van der Waals surface area contributed by atoms with Crippen molar-refractivity contribution in [1.82, 2.24) is 0 Å². The first-order chi connectivity index (χ1) is 9.63. The summed E-state index contributed by atoms with van der Waals surface area (Å²) in [7, 11) is 1.50. The summed E-state index contributed by atoms with van der Waals surface area (Å²) >= 11 is 5.56. The molecule has 0 aromatic heterocycles. The molecule has 1 unspecified atom stereocenters. The van der Waals surface area contributed by atoms with E-state index in [4.69, 9.17) is 21.1 Å². The summed E-state index contributed by atoms with van der Waals surface area (Å²) in [6.07, 6.45) is 0. The lowest BCUT2D eigenvalue weighted by Gasteiger charge is -2.27. The van der Waals surface area contributed by atoms with Crippen LogP contribution in [0.25, 0.3) is 10.8 Å². The third-order valence-electron chi connectivity index (χ3n) is 3.41. The molecule has 0 radical (unpaired) electrons. The molecule has 0 heterocycles. The van der Waals surface area contributed by atoms with E-state index in [-0.39, 0.29) is 12.5 Å². The van der Waals surface area contributed by atoms with Crippen LogP contribution in [0, 0.1) is 0 Å². The van der Waals surface area contributed by atoms with Gasteiger partial charge >= 0.3 is 5.97 Å². The van der Waals surface area contributed by atoms with E-state index >= 15 is 0 Å². The molecule has 4 heteroatoms. The molecule has 1 atom stereocenters. The predicted molar refractivity (Wildman–Crippen MR) is 80.0 cm³/mol. The fourth-order valence-corrected chi connectivity index (χ4v) is 2.29. The Labute approximate surface area is 123 Å². The first-order valence-corrected chi connectivity index (χ1v) is 6.93. The summed E-state index contributed by atoms with van der Waals surface area (Å²) in [4.78, 5) is 12.3. The molecule has 0 fully saturated rings. The van der Waals surface area contributed by atoms with Crippen molar-refractivity contribution in [2.45, 2.75) is 12.5 Å². The minimum Gasteiger partial charge on any atom is -0.462 e. The standard InChI is InChI=1S/C16H17ClO3/c1-16(19-2,15(18)20-11-10-17)14-9-5-7-12-6-3-4-8-13(12)14/h3-9H,10-11H2,1-2H3. The first kappa shape index (κ1) is 14.8. The smallest absolute Gasteiger partial charge is 0.342 e. The third kappa shape index (κ3) is 2.65. The van der Waals surface area contributed by atoms with Gasteiger partial charge < -0.3 is 9.47 Å². The zero-order valence-corrected chi connectivity index (χ0v) is 12.3. The molecule has 0 N–H and O–H groups in total. The number of hydrogen-bond acceptors (Lipinski definition) is 3. The van der Waals surface area contributed by atoms with Gasteiger partial charge in [-0.05, 0) is 17.7 Å². The molecule has 106 valence electrons. The van der Waals surface area contributed by atoms with Gasteiger partial charge in [0.1, 0.15) is 6.61 Å². The van der Waals surface area contributed by atoms with E-state index in [0.29, 0.717) is 0 Å². The number of fused-ring (bicyclic) bond motifs is 1. The zero-order valence-electron chi connectivity index (χ0n) is 11.6. The van der Waals surface area contributed by atoms with E-state index in [0.717, 1.165) is 16.3 Å². The van der Waals surface area contributed by atoms with Gasteiger partial charge in [0.05, 0.1) is 5.88 Å².